The van der Waals surface area contributed by atoms with Crippen molar-refractivity contribution in [3.63, 3.8) is 0 Å². The molecule has 0 atom stereocenters. The van der Waals surface area contributed by atoms with E-state index in [2.05, 4.69) is 9.97 Å². The number of benzene rings is 1. The molecule has 32 heavy (non-hydrogen) atoms. The first-order valence-electron chi connectivity index (χ1n) is 10.3. The summed E-state index contributed by atoms with van der Waals surface area (Å²) in [6.07, 6.45) is 3.35. The van der Waals surface area contributed by atoms with E-state index in [-0.39, 0.29) is 11.1 Å². The molecule has 7 nitrogen and oxygen atoms in total. The Morgan fingerprint density at radius 3 is 2.22 bits per heavy atom. The van der Waals surface area contributed by atoms with Gasteiger partial charge in [0.15, 0.2) is 5.82 Å². The third-order valence-corrected chi connectivity index (χ3v) is 5.56. The average Bonchev–Trinajstić information content (AvgIpc) is 3.09. The summed E-state index contributed by atoms with van der Waals surface area (Å²) in [6, 6.07) is 22.4. The first-order valence-corrected chi connectivity index (χ1v) is 10.3. The van der Waals surface area contributed by atoms with Crippen LogP contribution in [-0.2, 0) is 13.1 Å². The highest BCUT2D eigenvalue weighted by molar-refractivity contribution is 5.81. The van der Waals surface area contributed by atoms with Gasteiger partial charge in [0.2, 0.25) is 0 Å². The summed E-state index contributed by atoms with van der Waals surface area (Å²) in [7, 11) is 0. The van der Waals surface area contributed by atoms with Crippen LogP contribution >= 0.6 is 0 Å². The molecule has 0 amide bonds. The summed E-state index contributed by atoms with van der Waals surface area (Å²) in [6.45, 7) is 2.54. The second-order valence-corrected chi connectivity index (χ2v) is 7.58. The first kappa shape index (κ1) is 19.7. The molecule has 5 aromatic rings. The van der Waals surface area contributed by atoms with Gasteiger partial charge in [0.25, 0.3) is 11.1 Å². The van der Waals surface area contributed by atoms with Crippen molar-refractivity contribution in [1.29, 1.82) is 0 Å². The minimum Gasteiger partial charge on any atom is -0.306 e. The van der Waals surface area contributed by atoms with E-state index in [0.717, 1.165) is 11.3 Å². The summed E-state index contributed by atoms with van der Waals surface area (Å²) in [5, 5.41) is 0.502. The lowest BCUT2D eigenvalue weighted by atomic mass is 10.2. The summed E-state index contributed by atoms with van der Waals surface area (Å²) in [4.78, 5) is 35.5. The van der Waals surface area contributed by atoms with E-state index in [1.165, 1.54) is 6.07 Å². The molecular formula is C25H21N5O2. The zero-order chi connectivity index (χ0) is 22.1. The molecule has 0 saturated heterocycles. The van der Waals surface area contributed by atoms with Crippen molar-refractivity contribution in [2.75, 3.05) is 0 Å². The Hall–Kier alpha value is -4.26. The van der Waals surface area contributed by atoms with Crippen LogP contribution in [0, 0.1) is 6.92 Å². The zero-order valence-electron chi connectivity index (χ0n) is 17.5. The molecule has 4 aromatic heterocycles. The van der Waals surface area contributed by atoms with Crippen molar-refractivity contribution in [2.24, 2.45) is 0 Å². The van der Waals surface area contributed by atoms with Crippen molar-refractivity contribution in [2.45, 2.75) is 20.0 Å². The van der Waals surface area contributed by atoms with Crippen LogP contribution in [-0.4, -0.2) is 23.9 Å². The highest BCUT2D eigenvalue weighted by atomic mass is 16.1. The molecule has 0 aliphatic carbocycles. The van der Waals surface area contributed by atoms with Gasteiger partial charge in [-0.1, -0.05) is 42.5 Å². The molecule has 0 aliphatic rings. The van der Waals surface area contributed by atoms with Gasteiger partial charge in [-0.05, 0) is 36.8 Å². The maximum atomic E-state index is 13.6. The first-order chi connectivity index (χ1) is 15.6. The molecule has 0 spiro atoms. The second-order valence-electron chi connectivity index (χ2n) is 7.58. The topological polar surface area (TPSA) is 74.7 Å². The third kappa shape index (κ3) is 3.43. The molecule has 0 bridgehead atoms. The predicted molar refractivity (Wildman–Crippen MR) is 123 cm³/mol. The van der Waals surface area contributed by atoms with Gasteiger partial charge in [-0.3, -0.25) is 19.3 Å². The van der Waals surface area contributed by atoms with Crippen LogP contribution < -0.4 is 11.1 Å². The lowest BCUT2D eigenvalue weighted by Crippen LogP contribution is -2.24. The zero-order valence-corrected chi connectivity index (χ0v) is 17.5. The molecule has 5 rings (SSSR count). The highest BCUT2D eigenvalue weighted by Crippen LogP contribution is 2.18. The minimum absolute atomic E-state index is 0.180. The summed E-state index contributed by atoms with van der Waals surface area (Å²) in [5.74, 6) is 0.507. The Balaban J connectivity index is 1.77. The van der Waals surface area contributed by atoms with Gasteiger partial charge < -0.3 is 4.57 Å². The van der Waals surface area contributed by atoms with E-state index in [4.69, 9.17) is 0 Å². The Labute approximate surface area is 183 Å². The normalized spacial score (nSPS) is 11.2. The van der Waals surface area contributed by atoms with Crippen molar-refractivity contribution in [3.8, 4) is 5.82 Å². The molecule has 7 heteroatoms. The van der Waals surface area contributed by atoms with Gasteiger partial charge in [-0.25, -0.2) is 4.98 Å². The molecule has 0 unspecified atom stereocenters. The minimum atomic E-state index is -0.207. The van der Waals surface area contributed by atoms with Crippen molar-refractivity contribution >= 4 is 10.9 Å². The monoisotopic (exact) mass is 423 g/mol. The van der Waals surface area contributed by atoms with E-state index < -0.39 is 0 Å². The maximum absolute atomic E-state index is 13.6. The molecule has 0 fully saturated rings. The van der Waals surface area contributed by atoms with Gasteiger partial charge in [0.1, 0.15) is 0 Å². The molecule has 0 aliphatic heterocycles. The average molecular weight is 423 g/mol. The molecule has 4 heterocycles. The number of hydrogen-bond acceptors (Lipinski definition) is 4. The van der Waals surface area contributed by atoms with Gasteiger partial charge >= 0.3 is 0 Å². The number of nitrogens with zero attached hydrogens (tertiary/aromatic N) is 5. The number of rotatable bonds is 5. The number of aryl methyl sites for hydroxylation is 1. The van der Waals surface area contributed by atoms with Gasteiger partial charge in [0.05, 0.1) is 29.7 Å². The van der Waals surface area contributed by atoms with Gasteiger partial charge in [0, 0.05) is 24.2 Å². The predicted octanol–water partition coefficient (Wildman–Crippen LogP) is 3.15. The molecule has 0 N–H and O–H groups in total. The lowest BCUT2D eigenvalue weighted by Gasteiger charge is -2.13. The van der Waals surface area contributed by atoms with Gasteiger partial charge in [-0.2, -0.15) is 4.68 Å². The number of aromatic nitrogens is 5. The Bertz CT molecular complexity index is 1500. The SMILES string of the molecule is Cc1c2c(=O)n(-c3ccccn3)n(Cc3ccccc3)c2cc(=O)n1Cc1ccccn1. The summed E-state index contributed by atoms with van der Waals surface area (Å²) in [5.41, 5.74) is 2.58. The van der Waals surface area contributed by atoms with E-state index in [1.54, 1.807) is 33.8 Å². The summed E-state index contributed by atoms with van der Waals surface area (Å²) >= 11 is 0. The smallest absolute Gasteiger partial charge is 0.282 e. The van der Waals surface area contributed by atoms with Crippen molar-refractivity contribution in [1.82, 2.24) is 23.9 Å². The Kier molecular flexibility index (Phi) is 4.99. The van der Waals surface area contributed by atoms with Crippen LogP contribution in [0.5, 0.6) is 0 Å². The van der Waals surface area contributed by atoms with Crippen molar-refractivity contribution < 1.29 is 0 Å². The van der Waals surface area contributed by atoms with E-state index in [1.807, 2.05) is 66.2 Å². The van der Waals surface area contributed by atoms with E-state index in [9.17, 15) is 9.59 Å². The quantitative estimate of drug-likeness (QED) is 0.435. The fraction of sp³-hybridized carbons (Fsp3) is 0.120. The van der Waals surface area contributed by atoms with Crippen LogP contribution in [0.25, 0.3) is 16.7 Å². The summed E-state index contributed by atoms with van der Waals surface area (Å²) < 4.78 is 4.98. The van der Waals surface area contributed by atoms with Crippen LogP contribution in [0.15, 0.2) is 94.8 Å². The van der Waals surface area contributed by atoms with E-state index >= 15 is 0 Å². The molecule has 1 aromatic carbocycles. The number of fused-ring (bicyclic) bond motifs is 1. The number of pyridine rings is 3. The number of hydrogen-bond donors (Lipinski definition) is 0. The van der Waals surface area contributed by atoms with Crippen molar-refractivity contribution in [3.05, 3.63) is 123 Å². The maximum Gasteiger partial charge on any atom is 0.282 e. The van der Waals surface area contributed by atoms with E-state index in [0.29, 0.717) is 35.5 Å². The van der Waals surface area contributed by atoms with Crippen LogP contribution in [0.3, 0.4) is 0 Å². The van der Waals surface area contributed by atoms with Crippen LogP contribution in [0.4, 0.5) is 0 Å². The molecule has 158 valence electrons. The fourth-order valence-corrected chi connectivity index (χ4v) is 4.01. The molecular weight excluding hydrogens is 402 g/mol. The molecule has 0 radical (unpaired) electrons. The standard InChI is InChI=1S/C25H21N5O2/c1-18-24-21(15-23(31)28(18)17-20-11-5-7-13-26-20)29(16-19-9-3-2-4-10-19)30(25(24)32)22-12-6-8-14-27-22/h2-15H,16-17H2,1H3. The van der Waals surface area contributed by atoms with Crippen LogP contribution in [0.1, 0.15) is 17.0 Å². The molecule has 0 saturated carbocycles. The highest BCUT2D eigenvalue weighted by Gasteiger charge is 2.20. The third-order valence-electron chi connectivity index (χ3n) is 5.56. The second kappa shape index (κ2) is 8.11. The van der Waals surface area contributed by atoms with Gasteiger partial charge in [-0.15, -0.1) is 0 Å². The lowest BCUT2D eigenvalue weighted by molar-refractivity contribution is 0.602. The fourth-order valence-electron chi connectivity index (χ4n) is 4.01. The largest absolute Gasteiger partial charge is 0.306 e. The Morgan fingerprint density at radius 2 is 1.53 bits per heavy atom. The van der Waals surface area contributed by atoms with Crippen LogP contribution in [0.2, 0.25) is 0 Å². The Morgan fingerprint density at radius 1 is 0.812 bits per heavy atom.